The molecule has 0 saturated heterocycles. The van der Waals surface area contributed by atoms with Crippen molar-refractivity contribution in [1.29, 1.82) is 0 Å². The molecule has 0 bridgehead atoms. The van der Waals surface area contributed by atoms with E-state index in [-0.39, 0.29) is 5.69 Å². The largest absolute Gasteiger partial charge is 0.565 e. The van der Waals surface area contributed by atoms with Crippen LogP contribution in [0.5, 0.6) is 0 Å². The molecule has 0 unspecified atom stereocenters. The first-order chi connectivity index (χ1) is 7.69. The smallest absolute Gasteiger partial charge is 0.560 e. The summed E-state index contributed by atoms with van der Waals surface area (Å²) in [5.74, 6) is -0.801. The van der Waals surface area contributed by atoms with Crippen molar-refractivity contribution in [2.24, 2.45) is 7.05 Å². The van der Waals surface area contributed by atoms with Gasteiger partial charge in [0.2, 0.25) is 0 Å². The number of aryl methyl sites for hydroxylation is 1. The average Bonchev–Trinajstić information content (AvgIpc) is 2.42. The lowest BCUT2D eigenvalue weighted by Gasteiger charge is -2.19. The summed E-state index contributed by atoms with van der Waals surface area (Å²) < 4.78 is 6.53. The van der Waals surface area contributed by atoms with Gasteiger partial charge in [-0.2, -0.15) is 0 Å². The summed E-state index contributed by atoms with van der Waals surface area (Å²) in [5, 5.41) is 9.49. The normalized spacial score (nSPS) is 11.1. The van der Waals surface area contributed by atoms with Crippen molar-refractivity contribution < 1.29 is 19.4 Å². The van der Waals surface area contributed by atoms with Crippen molar-refractivity contribution in [3.8, 4) is 0 Å². The number of nitrogens with zero attached hydrogens (tertiary/aromatic N) is 1. The van der Waals surface area contributed by atoms with Crippen LogP contribution in [-0.4, -0.2) is 27.3 Å². The molecule has 0 aromatic carbocycles. The molecular weight excluding hydrogens is 224 g/mol. The first kappa shape index (κ1) is 13.1. The van der Waals surface area contributed by atoms with Gasteiger partial charge in [-0.15, -0.1) is 0 Å². The Labute approximate surface area is 99.2 Å². The van der Waals surface area contributed by atoms with Crippen molar-refractivity contribution in [1.82, 2.24) is 4.57 Å². The van der Waals surface area contributed by atoms with E-state index >= 15 is 0 Å². The molecule has 17 heavy (non-hydrogen) atoms. The number of amides is 1. The predicted molar refractivity (Wildman–Crippen MR) is 63.2 cm³/mol. The van der Waals surface area contributed by atoms with Crippen LogP contribution in [0.25, 0.3) is 0 Å². The standard InChI is InChI=1S/C11H16N2O4/c1-11(2,3)17-10(16)12-7-5-8(9(14)15)13(4)6-7/h5-6H,1-4H3,(H,12,16)(H,14,15)/p+1. The molecule has 6 nitrogen and oxygen atoms in total. The monoisotopic (exact) mass is 241 g/mol. The summed E-state index contributed by atoms with van der Waals surface area (Å²) in [4.78, 5) is 22.3. The van der Waals surface area contributed by atoms with Crippen molar-refractivity contribution >= 4 is 17.7 Å². The van der Waals surface area contributed by atoms with Crippen LogP contribution in [0.4, 0.5) is 10.5 Å². The maximum absolute atomic E-state index is 11.4. The molecule has 0 radical (unpaired) electrons. The van der Waals surface area contributed by atoms with Gasteiger partial charge in [-0.05, 0) is 20.8 Å². The molecule has 0 atom stereocenters. The Hall–Kier alpha value is -1.98. The van der Waals surface area contributed by atoms with Crippen LogP contribution >= 0.6 is 0 Å². The SMILES string of the molecule is Cn1cc(NC(=O)OC(C)(C)C)cc1C(=O)[OH2+]. The van der Waals surface area contributed by atoms with Gasteiger partial charge in [-0.25, -0.2) is 4.79 Å². The van der Waals surface area contributed by atoms with Gasteiger partial charge >= 0.3 is 12.1 Å². The highest BCUT2D eigenvalue weighted by Gasteiger charge is 2.20. The van der Waals surface area contributed by atoms with Crippen LogP contribution in [0.2, 0.25) is 0 Å². The molecule has 1 aromatic heterocycles. The van der Waals surface area contributed by atoms with E-state index in [9.17, 15) is 9.59 Å². The van der Waals surface area contributed by atoms with Crippen LogP contribution in [0.15, 0.2) is 12.3 Å². The molecule has 6 heteroatoms. The predicted octanol–water partition coefficient (Wildman–Crippen LogP) is 1.24. The molecule has 0 spiro atoms. The topological polar surface area (TPSA) is 83.2 Å². The Balaban J connectivity index is 2.73. The third-order valence-corrected chi connectivity index (χ3v) is 1.88. The van der Waals surface area contributed by atoms with Crippen molar-refractivity contribution in [2.45, 2.75) is 26.4 Å². The third kappa shape index (κ3) is 3.82. The molecule has 0 fully saturated rings. The number of ether oxygens (including phenoxy) is 1. The van der Waals surface area contributed by atoms with Gasteiger partial charge in [-0.3, -0.25) is 5.32 Å². The van der Waals surface area contributed by atoms with E-state index in [1.54, 1.807) is 34.0 Å². The number of hydrogen-bond donors (Lipinski definition) is 1. The third-order valence-electron chi connectivity index (χ3n) is 1.88. The Kier molecular flexibility index (Phi) is 3.45. The van der Waals surface area contributed by atoms with Crippen molar-refractivity contribution in [3.63, 3.8) is 0 Å². The number of anilines is 1. The number of aromatic nitrogens is 1. The highest BCUT2D eigenvalue weighted by molar-refractivity contribution is 5.90. The molecule has 1 heterocycles. The summed E-state index contributed by atoms with van der Waals surface area (Å²) in [5.41, 5.74) is 0.0563. The minimum Gasteiger partial charge on any atom is -0.560 e. The number of rotatable bonds is 2. The van der Waals surface area contributed by atoms with E-state index in [4.69, 9.17) is 9.84 Å². The molecule has 3 N–H and O–H groups in total. The fourth-order valence-electron chi connectivity index (χ4n) is 1.28. The van der Waals surface area contributed by atoms with Crippen molar-refractivity contribution in [2.75, 3.05) is 5.32 Å². The lowest BCUT2D eigenvalue weighted by molar-refractivity contribution is 0.0633. The van der Waals surface area contributed by atoms with Crippen LogP contribution in [0.1, 0.15) is 31.3 Å². The molecular formula is C11H17N2O4+. The van der Waals surface area contributed by atoms with Gasteiger partial charge in [-0.1, -0.05) is 0 Å². The van der Waals surface area contributed by atoms with Crippen molar-refractivity contribution in [3.05, 3.63) is 18.0 Å². The molecule has 1 amide bonds. The second-order valence-corrected chi connectivity index (χ2v) is 4.68. The maximum atomic E-state index is 11.4. The minimum atomic E-state index is -0.801. The molecule has 0 aliphatic heterocycles. The molecule has 0 aliphatic rings. The summed E-state index contributed by atoms with van der Waals surface area (Å²) in [6.07, 6.45) is 0.957. The van der Waals surface area contributed by atoms with E-state index in [1.165, 1.54) is 10.6 Å². The van der Waals surface area contributed by atoms with E-state index in [2.05, 4.69) is 5.32 Å². The van der Waals surface area contributed by atoms with Crippen LogP contribution in [0, 0.1) is 0 Å². The van der Waals surface area contributed by atoms with Gasteiger partial charge in [0.1, 0.15) is 5.60 Å². The van der Waals surface area contributed by atoms with Gasteiger partial charge in [0.05, 0.1) is 5.69 Å². The van der Waals surface area contributed by atoms with Crippen LogP contribution in [-0.2, 0) is 11.8 Å². The second kappa shape index (κ2) is 4.48. The van der Waals surface area contributed by atoms with Gasteiger partial charge in [0.15, 0.2) is 5.69 Å². The molecule has 0 aliphatic carbocycles. The number of carbonyl (C=O) groups is 2. The fourth-order valence-corrected chi connectivity index (χ4v) is 1.28. The quantitative estimate of drug-likeness (QED) is 0.790. The zero-order valence-corrected chi connectivity index (χ0v) is 10.3. The minimum absolute atomic E-state index is 0.205. The Morgan fingerprint density at radius 1 is 1.41 bits per heavy atom. The summed E-state index contributed by atoms with van der Waals surface area (Å²) in [6, 6.07) is 1.43. The van der Waals surface area contributed by atoms with Gasteiger partial charge < -0.3 is 14.4 Å². The van der Waals surface area contributed by atoms with E-state index in [0.717, 1.165) is 0 Å². The highest BCUT2D eigenvalue weighted by atomic mass is 16.6. The summed E-state index contributed by atoms with van der Waals surface area (Å²) >= 11 is 0. The zero-order valence-electron chi connectivity index (χ0n) is 10.3. The summed E-state index contributed by atoms with van der Waals surface area (Å²) in [6.45, 7) is 5.28. The maximum Gasteiger partial charge on any atom is 0.565 e. The van der Waals surface area contributed by atoms with Crippen LogP contribution < -0.4 is 5.32 Å². The number of carbonyl (C=O) groups excluding carboxylic acids is 2. The Morgan fingerprint density at radius 2 is 2.00 bits per heavy atom. The molecule has 1 aromatic rings. The molecule has 0 saturated carbocycles. The average molecular weight is 241 g/mol. The molecule has 1 rings (SSSR count). The van der Waals surface area contributed by atoms with Crippen LogP contribution in [0.3, 0.4) is 0 Å². The number of hydrogen-bond acceptors (Lipinski definition) is 3. The fraction of sp³-hybridized carbons (Fsp3) is 0.455. The Bertz CT molecular complexity index is 443. The van der Waals surface area contributed by atoms with Gasteiger partial charge in [0.25, 0.3) is 0 Å². The van der Waals surface area contributed by atoms with Gasteiger partial charge in [0, 0.05) is 24.1 Å². The first-order valence-electron chi connectivity index (χ1n) is 5.11. The highest BCUT2D eigenvalue weighted by Crippen LogP contribution is 2.15. The summed E-state index contributed by atoms with van der Waals surface area (Å²) in [7, 11) is 1.63. The lowest BCUT2D eigenvalue weighted by Crippen LogP contribution is -2.27. The lowest BCUT2D eigenvalue weighted by atomic mass is 10.2. The van der Waals surface area contributed by atoms with E-state index in [0.29, 0.717) is 5.69 Å². The zero-order chi connectivity index (χ0) is 13.2. The second-order valence-electron chi connectivity index (χ2n) is 4.68. The molecule has 94 valence electrons. The van der Waals surface area contributed by atoms with E-state index < -0.39 is 17.7 Å². The number of nitrogens with one attached hydrogen (secondary N) is 1. The Morgan fingerprint density at radius 3 is 2.41 bits per heavy atom. The first-order valence-corrected chi connectivity index (χ1v) is 5.11. The van der Waals surface area contributed by atoms with E-state index in [1.807, 2.05) is 0 Å².